The van der Waals surface area contributed by atoms with Crippen LogP contribution >= 0.6 is 0 Å². The molecule has 0 radical (unpaired) electrons. The van der Waals surface area contributed by atoms with Crippen LogP contribution in [0.15, 0.2) is 6.07 Å². The lowest BCUT2D eigenvalue weighted by Crippen LogP contribution is -2.35. The number of aryl methyl sites for hydroxylation is 1. The fraction of sp³-hybridized carbons (Fsp3) is 0.714. The minimum atomic E-state index is -0.0238. The number of anilines is 2. The minimum Gasteiger partial charge on any atom is -0.384 e. The van der Waals surface area contributed by atoms with Gasteiger partial charge < -0.3 is 11.1 Å². The molecular weight excluding hydrogens is 224 g/mol. The van der Waals surface area contributed by atoms with E-state index in [0.29, 0.717) is 5.82 Å². The summed E-state index contributed by atoms with van der Waals surface area (Å²) in [6, 6.07) is 1.80. The number of hydrogen-bond acceptors (Lipinski definition) is 4. The highest BCUT2D eigenvalue weighted by Gasteiger charge is 2.25. The summed E-state index contributed by atoms with van der Waals surface area (Å²) in [6.07, 6.45) is 1.84. The van der Waals surface area contributed by atoms with Crippen LogP contribution in [0.25, 0.3) is 0 Å². The first-order valence-corrected chi connectivity index (χ1v) is 6.53. The van der Waals surface area contributed by atoms with Crippen LogP contribution in [0.2, 0.25) is 0 Å². The smallest absolute Gasteiger partial charge is 0.132 e. The van der Waals surface area contributed by atoms with Gasteiger partial charge in [0.15, 0.2) is 0 Å². The van der Waals surface area contributed by atoms with Gasteiger partial charge in [-0.25, -0.2) is 9.97 Å². The molecule has 0 unspecified atom stereocenters. The third-order valence-corrected chi connectivity index (χ3v) is 2.55. The Morgan fingerprint density at radius 2 is 1.78 bits per heavy atom. The zero-order valence-electron chi connectivity index (χ0n) is 12.5. The molecule has 4 nitrogen and oxygen atoms in total. The lowest BCUT2D eigenvalue weighted by molar-refractivity contribution is 0.302. The van der Waals surface area contributed by atoms with Crippen molar-refractivity contribution in [2.24, 2.45) is 5.41 Å². The Bertz CT molecular complexity index is 405. The number of nitrogens with zero attached hydrogens (tertiary/aromatic N) is 2. The Morgan fingerprint density at radius 3 is 2.28 bits per heavy atom. The Kier molecular flexibility index (Phi) is 4.20. The van der Waals surface area contributed by atoms with Gasteiger partial charge in [0.05, 0.1) is 0 Å². The van der Waals surface area contributed by atoms with Gasteiger partial charge in [0, 0.05) is 18.0 Å². The number of nitrogens with two attached hydrogens (primary N) is 1. The second kappa shape index (κ2) is 5.12. The summed E-state index contributed by atoms with van der Waals surface area (Å²) in [5.41, 5.74) is 6.03. The largest absolute Gasteiger partial charge is 0.384 e. The van der Waals surface area contributed by atoms with Gasteiger partial charge in [0.25, 0.3) is 0 Å². The van der Waals surface area contributed by atoms with E-state index in [-0.39, 0.29) is 11.0 Å². The Morgan fingerprint density at radius 1 is 1.17 bits per heavy atom. The van der Waals surface area contributed by atoms with Crippen LogP contribution in [0.5, 0.6) is 0 Å². The van der Waals surface area contributed by atoms with Gasteiger partial charge in [-0.3, -0.25) is 0 Å². The number of nitrogen functional groups attached to an aromatic ring is 1. The summed E-state index contributed by atoms with van der Waals surface area (Å²) in [6.45, 7) is 13.1. The van der Waals surface area contributed by atoms with E-state index in [4.69, 9.17) is 5.73 Å². The molecule has 1 aromatic heterocycles. The van der Waals surface area contributed by atoms with Crippen LogP contribution < -0.4 is 11.1 Å². The van der Waals surface area contributed by atoms with E-state index in [1.807, 2.05) is 6.92 Å². The molecule has 102 valence electrons. The van der Waals surface area contributed by atoms with E-state index in [2.05, 4.69) is 49.9 Å². The van der Waals surface area contributed by atoms with Gasteiger partial charge >= 0.3 is 0 Å². The molecule has 0 saturated heterocycles. The van der Waals surface area contributed by atoms with Gasteiger partial charge in [-0.1, -0.05) is 27.7 Å². The van der Waals surface area contributed by atoms with E-state index in [9.17, 15) is 0 Å². The molecule has 1 heterocycles. The molecule has 0 aromatic carbocycles. The molecule has 0 fully saturated rings. The van der Waals surface area contributed by atoms with Gasteiger partial charge in [-0.15, -0.1) is 0 Å². The van der Waals surface area contributed by atoms with Crippen molar-refractivity contribution < 1.29 is 0 Å². The highest BCUT2D eigenvalue weighted by atomic mass is 15.1. The van der Waals surface area contributed by atoms with E-state index in [0.717, 1.165) is 24.5 Å². The molecule has 0 atom stereocenters. The van der Waals surface area contributed by atoms with E-state index in [1.54, 1.807) is 6.07 Å². The maximum atomic E-state index is 5.79. The predicted octanol–water partition coefficient (Wildman–Crippen LogP) is 3.25. The Labute approximate surface area is 110 Å². The Balaban J connectivity index is 2.86. The van der Waals surface area contributed by atoms with Crippen molar-refractivity contribution in [1.82, 2.24) is 9.97 Å². The molecule has 1 rings (SSSR count). The second-order valence-corrected chi connectivity index (χ2v) is 6.69. The highest BCUT2D eigenvalue weighted by Crippen LogP contribution is 2.29. The molecule has 0 aliphatic heterocycles. The normalized spacial score (nSPS) is 12.6. The maximum absolute atomic E-state index is 5.79. The fourth-order valence-corrected chi connectivity index (χ4v) is 2.46. The molecule has 3 N–H and O–H groups in total. The average molecular weight is 250 g/mol. The zero-order chi connectivity index (χ0) is 14.0. The molecule has 1 aromatic rings. The SMILES string of the molecule is CCc1nc(N)cc(NC(C)(C)CC(C)(C)C)n1. The van der Waals surface area contributed by atoms with Gasteiger partial charge in [0.1, 0.15) is 17.5 Å². The third-order valence-electron chi connectivity index (χ3n) is 2.55. The van der Waals surface area contributed by atoms with Crippen molar-refractivity contribution in [2.45, 2.75) is 59.9 Å². The summed E-state index contributed by atoms with van der Waals surface area (Å²) >= 11 is 0. The monoisotopic (exact) mass is 250 g/mol. The van der Waals surface area contributed by atoms with Gasteiger partial charge in [-0.2, -0.15) is 0 Å². The van der Waals surface area contributed by atoms with Crippen LogP contribution in [-0.2, 0) is 6.42 Å². The molecule has 0 amide bonds. The predicted molar refractivity (Wildman–Crippen MR) is 77.6 cm³/mol. The molecule has 0 aliphatic rings. The van der Waals surface area contributed by atoms with Crippen LogP contribution in [0.3, 0.4) is 0 Å². The van der Waals surface area contributed by atoms with Gasteiger partial charge in [-0.05, 0) is 25.7 Å². The van der Waals surface area contributed by atoms with Crippen LogP contribution in [0.1, 0.15) is 53.8 Å². The van der Waals surface area contributed by atoms with Crippen molar-refractivity contribution in [3.05, 3.63) is 11.9 Å². The summed E-state index contributed by atoms with van der Waals surface area (Å²) < 4.78 is 0. The molecular formula is C14H26N4. The summed E-state index contributed by atoms with van der Waals surface area (Å²) in [5.74, 6) is 2.12. The molecule has 18 heavy (non-hydrogen) atoms. The number of aromatic nitrogens is 2. The second-order valence-electron chi connectivity index (χ2n) is 6.69. The number of nitrogens with one attached hydrogen (secondary N) is 1. The van der Waals surface area contributed by atoms with E-state index < -0.39 is 0 Å². The van der Waals surface area contributed by atoms with E-state index in [1.165, 1.54) is 0 Å². The third kappa shape index (κ3) is 4.90. The van der Waals surface area contributed by atoms with Gasteiger partial charge in [0.2, 0.25) is 0 Å². The van der Waals surface area contributed by atoms with Crippen molar-refractivity contribution in [3.63, 3.8) is 0 Å². The first kappa shape index (κ1) is 14.7. The standard InChI is InChI=1S/C14H26N4/c1-7-11-16-10(15)8-12(17-11)18-14(5,6)9-13(2,3)4/h8H,7,9H2,1-6H3,(H3,15,16,17,18). The summed E-state index contributed by atoms with van der Waals surface area (Å²) in [4.78, 5) is 8.65. The number of hydrogen-bond donors (Lipinski definition) is 2. The summed E-state index contributed by atoms with van der Waals surface area (Å²) in [5, 5.41) is 3.46. The molecule has 4 heteroatoms. The van der Waals surface area contributed by atoms with Crippen molar-refractivity contribution in [3.8, 4) is 0 Å². The van der Waals surface area contributed by atoms with Crippen molar-refractivity contribution >= 4 is 11.6 Å². The number of rotatable bonds is 4. The molecule has 0 bridgehead atoms. The van der Waals surface area contributed by atoms with Crippen LogP contribution in [-0.4, -0.2) is 15.5 Å². The minimum absolute atomic E-state index is 0.0238. The zero-order valence-corrected chi connectivity index (χ0v) is 12.5. The summed E-state index contributed by atoms with van der Waals surface area (Å²) in [7, 11) is 0. The topological polar surface area (TPSA) is 63.8 Å². The lowest BCUT2D eigenvalue weighted by atomic mass is 9.82. The van der Waals surface area contributed by atoms with Crippen molar-refractivity contribution in [1.29, 1.82) is 0 Å². The molecule has 0 saturated carbocycles. The highest BCUT2D eigenvalue weighted by molar-refractivity contribution is 5.46. The van der Waals surface area contributed by atoms with Crippen LogP contribution in [0.4, 0.5) is 11.6 Å². The van der Waals surface area contributed by atoms with Crippen LogP contribution in [0, 0.1) is 5.41 Å². The first-order chi connectivity index (χ1) is 8.11. The lowest BCUT2D eigenvalue weighted by Gasteiger charge is -2.33. The Hall–Kier alpha value is -1.32. The quantitative estimate of drug-likeness (QED) is 0.861. The molecule has 0 spiro atoms. The molecule has 0 aliphatic carbocycles. The van der Waals surface area contributed by atoms with E-state index >= 15 is 0 Å². The van der Waals surface area contributed by atoms with Crippen molar-refractivity contribution in [2.75, 3.05) is 11.1 Å². The fourth-order valence-electron chi connectivity index (χ4n) is 2.46. The maximum Gasteiger partial charge on any atom is 0.132 e. The first-order valence-electron chi connectivity index (χ1n) is 6.53. The average Bonchev–Trinajstić information content (AvgIpc) is 2.11.